The third-order valence-corrected chi connectivity index (χ3v) is 4.41. The number of carboxylic acid groups (broad SMARTS) is 1. The average Bonchev–Trinajstić information content (AvgIpc) is 2.34. The van der Waals surface area contributed by atoms with Gasteiger partial charge in [0.05, 0.1) is 0 Å². The van der Waals surface area contributed by atoms with Crippen molar-refractivity contribution in [3.63, 3.8) is 0 Å². The van der Waals surface area contributed by atoms with E-state index < -0.39 is 5.97 Å². The van der Waals surface area contributed by atoms with E-state index in [0.717, 1.165) is 6.42 Å². The predicted octanol–water partition coefficient (Wildman–Crippen LogP) is 2.00. The number of hydrogen-bond donors (Lipinski definition) is 1. The second-order valence-electron chi connectivity index (χ2n) is 2.26. The molecular weight excluding hydrogens is 168 g/mol. The van der Waals surface area contributed by atoms with Gasteiger partial charge in [0.25, 0.3) is 0 Å². The summed E-state index contributed by atoms with van der Waals surface area (Å²) in [5, 5.41) is 8.96. The third kappa shape index (κ3) is 2.84. The first-order valence-electron chi connectivity index (χ1n) is 3.29. The van der Waals surface area contributed by atoms with Gasteiger partial charge in [0.2, 0.25) is 0 Å². The van der Waals surface area contributed by atoms with Gasteiger partial charge in [0.15, 0.2) is 0 Å². The van der Waals surface area contributed by atoms with E-state index in [1.165, 1.54) is 12.2 Å². The maximum atomic E-state index is 10.1. The topological polar surface area (TPSA) is 37.3 Å². The molecule has 0 unspecified atom stereocenters. The van der Waals surface area contributed by atoms with Crippen molar-refractivity contribution in [1.29, 1.82) is 0 Å². The first-order valence-corrected chi connectivity index (χ1v) is 5.67. The van der Waals surface area contributed by atoms with Crippen LogP contribution in [0.5, 0.6) is 0 Å². The molecule has 0 aromatic heterocycles. The fraction of sp³-hybridized carbons (Fsp3) is 0.833. The number of carboxylic acids is 1. The van der Waals surface area contributed by atoms with E-state index in [2.05, 4.69) is 0 Å². The molecule has 0 radical (unpaired) electrons. The van der Waals surface area contributed by atoms with Gasteiger partial charge < -0.3 is 5.11 Å². The van der Waals surface area contributed by atoms with Gasteiger partial charge in [-0.2, -0.15) is 0 Å². The third-order valence-electron chi connectivity index (χ3n) is 1.41. The van der Waals surface area contributed by atoms with Crippen molar-refractivity contribution in [3.05, 3.63) is 0 Å². The molecule has 1 aliphatic rings. The molecule has 0 spiro atoms. The number of carbonyl (C=O) groups is 1. The lowest BCUT2D eigenvalue weighted by Crippen LogP contribution is -2.02. The lowest BCUT2D eigenvalue weighted by Gasteiger charge is -2.02. The molecular formula is C6H10O2S2. The fourth-order valence-electron chi connectivity index (χ4n) is 0.849. The summed E-state index contributed by atoms with van der Waals surface area (Å²) < 4.78 is 0. The Morgan fingerprint density at radius 2 is 2.50 bits per heavy atom. The van der Waals surface area contributed by atoms with E-state index in [9.17, 15) is 4.79 Å². The highest BCUT2D eigenvalue weighted by atomic mass is 33.1. The van der Waals surface area contributed by atoms with Crippen molar-refractivity contribution in [3.8, 4) is 0 Å². The molecule has 0 saturated carbocycles. The molecule has 1 saturated heterocycles. The van der Waals surface area contributed by atoms with Gasteiger partial charge in [-0.25, -0.2) is 0 Å². The van der Waals surface area contributed by atoms with Crippen LogP contribution in [0.15, 0.2) is 0 Å². The SMILES string of the molecule is O=C(O)CC[C@@H]1CCSS1. The van der Waals surface area contributed by atoms with Crippen LogP contribution in [0.1, 0.15) is 19.3 Å². The van der Waals surface area contributed by atoms with E-state index >= 15 is 0 Å². The van der Waals surface area contributed by atoms with Gasteiger partial charge in [-0.3, -0.25) is 4.79 Å². The lowest BCUT2D eigenvalue weighted by atomic mass is 10.2. The maximum absolute atomic E-state index is 10.1. The largest absolute Gasteiger partial charge is 0.481 e. The summed E-state index contributed by atoms with van der Waals surface area (Å²) in [6, 6.07) is 0. The zero-order valence-electron chi connectivity index (χ0n) is 5.58. The van der Waals surface area contributed by atoms with Crippen LogP contribution in [0, 0.1) is 0 Å². The van der Waals surface area contributed by atoms with Crippen LogP contribution in [0.4, 0.5) is 0 Å². The highest BCUT2D eigenvalue weighted by Crippen LogP contribution is 2.39. The van der Waals surface area contributed by atoms with Crippen molar-refractivity contribution < 1.29 is 9.90 Å². The molecule has 1 aliphatic heterocycles. The Morgan fingerprint density at radius 3 is 3.00 bits per heavy atom. The van der Waals surface area contributed by atoms with Gasteiger partial charge in [-0.1, -0.05) is 21.6 Å². The maximum Gasteiger partial charge on any atom is 0.303 e. The number of rotatable bonds is 3. The van der Waals surface area contributed by atoms with E-state index in [-0.39, 0.29) is 0 Å². The van der Waals surface area contributed by atoms with Crippen molar-refractivity contribution in [2.45, 2.75) is 24.5 Å². The minimum atomic E-state index is -0.669. The van der Waals surface area contributed by atoms with Crippen molar-refractivity contribution >= 4 is 27.6 Å². The highest BCUT2D eigenvalue weighted by Gasteiger charge is 2.16. The zero-order chi connectivity index (χ0) is 7.40. The van der Waals surface area contributed by atoms with Gasteiger partial charge in [0.1, 0.15) is 0 Å². The highest BCUT2D eigenvalue weighted by molar-refractivity contribution is 8.77. The molecule has 0 amide bonds. The minimum absolute atomic E-state index is 0.332. The van der Waals surface area contributed by atoms with Crippen molar-refractivity contribution in [2.24, 2.45) is 0 Å². The Hall–Kier alpha value is 0.170. The summed E-state index contributed by atoms with van der Waals surface area (Å²) >= 11 is 0. The molecule has 2 nitrogen and oxygen atoms in total. The summed E-state index contributed by atoms with van der Waals surface area (Å²) in [6.07, 6.45) is 2.36. The minimum Gasteiger partial charge on any atom is -0.481 e. The van der Waals surface area contributed by atoms with Crippen LogP contribution in [0.3, 0.4) is 0 Å². The fourth-order valence-corrected chi connectivity index (χ4v) is 3.83. The Labute approximate surface area is 68.2 Å². The van der Waals surface area contributed by atoms with Crippen LogP contribution in [-0.4, -0.2) is 22.1 Å². The molecule has 1 heterocycles. The average molecular weight is 178 g/mol. The number of hydrogen-bond acceptors (Lipinski definition) is 3. The summed E-state index contributed by atoms with van der Waals surface area (Å²) in [5.41, 5.74) is 0. The van der Waals surface area contributed by atoms with E-state index in [1.807, 2.05) is 21.6 Å². The zero-order valence-corrected chi connectivity index (χ0v) is 7.21. The first-order chi connectivity index (χ1) is 4.79. The summed E-state index contributed by atoms with van der Waals surface area (Å²) in [7, 11) is 3.70. The molecule has 1 rings (SSSR count). The summed E-state index contributed by atoms with van der Waals surface area (Å²) in [6.45, 7) is 0. The standard InChI is InChI=1S/C6H10O2S2/c7-6(8)2-1-5-3-4-9-10-5/h5H,1-4H2,(H,7,8)/t5-/m1/s1. The molecule has 0 aliphatic carbocycles. The first kappa shape index (κ1) is 8.27. The Balaban J connectivity index is 2.07. The molecule has 1 atom stereocenters. The second kappa shape index (κ2) is 4.13. The Kier molecular flexibility index (Phi) is 3.42. The molecule has 4 heteroatoms. The van der Waals surface area contributed by atoms with Crippen molar-refractivity contribution in [1.82, 2.24) is 0 Å². The van der Waals surface area contributed by atoms with E-state index in [1.54, 1.807) is 0 Å². The molecule has 0 aromatic carbocycles. The second-order valence-corrected chi connectivity index (χ2v) is 5.05. The van der Waals surface area contributed by atoms with E-state index in [0.29, 0.717) is 11.7 Å². The smallest absolute Gasteiger partial charge is 0.303 e. The van der Waals surface area contributed by atoms with Gasteiger partial charge >= 0.3 is 5.97 Å². The molecule has 58 valence electrons. The van der Waals surface area contributed by atoms with Crippen LogP contribution in [-0.2, 0) is 4.79 Å². The predicted molar refractivity (Wildman–Crippen MR) is 45.3 cm³/mol. The normalized spacial score (nSPS) is 25.0. The van der Waals surface area contributed by atoms with Gasteiger partial charge in [0, 0.05) is 17.4 Å². The molecule has 10 heavy (non-hydrogen) atoms. The molecule has 0 aromatic rings. The molecule has 1 fully saturated rings. The number of aliphatic carboxylic acids is 1. The van der Waals surface area contributed by atoms with Crippen molar-refractivity contribution in [2.75, 3.05) is 5.75 Å². The monoisotopic (exact) mass is 178 g/mol. The Bertz CT molecular complexity index is 121. The summed E-state index contributed by atoms with van der Waals surface area (Å²) in [5.74, 6) is 0.520. The molecule has 0 bridgehead atoms. The quantitative estimate of drug-likeness (QED) is 0.671. The van der Waals surface area contributed by atoms with Crippen LogP contribution in [0.25, 0.3) is 0 Å². The van der Waals surface area contributed by atoms with Gasteiger partial charge in [-0.05, 0) is 12.8 Å². The van der Waals surface area contributed by atoms with Crippen LogP contribution < -0.4 is 0 Å². The lowest BCUT2D eigenvalue weighted by molar-refractivity contribution is -0.137. The van der Waals surface area contributed by atoms with E-state index in [4.69, 9.17) is 5.11 Å². The van der Waals surface area contributed by atoms with Gasteiger partial charge in [-0.15, -0.1) is 0 Å². The van der Waals surface area contributed by atoms with Crippen LogP contribution in [0.2, 0.25) is 0 Å². The Morgan fingerprint density at radius 1 is 1.70 bits per heavy atom. The van der Waals surface area contributed by atoms with Crippen LogP contribution >= 0.6 is 21.6 Å². The molecule has 1 N–H and O–H groups in total. The summed E-state index contributed by atoms with van der Waals surface area (Å²) in [4.78, 5) is 10.1.